The standard InChI is InChI=1S/C5H7IO3/c6-2-4-3(7)1-5(8)9-4/h3-4,7H,1-2H2/t3-,4+/m1/s1. The zero-order valence-electron chi connectivity index (χ0n) is 4.71. The van der Waals surface area contributed by atoms with Gasteiger partial charge in [-0.25, -0.2) is 0 Å². The van der Waals surface area contributed by atoms with E-state index in [0.717, 1.165) is 0 Å². The molecule has 0 aromatic heterocycles. The van der Waals surface area contributed by atoms with E-state index in [4.69, 9.17) is 9.84 Å². The molecule has 1 rings (SSSR count). The van der Waals surface area contributed by atoms with Gasteiger partial charge in [0.05, 0.1) is 6.42 Å². The molecule has 1 aliphatic heterocycles. The summed E-state index contributed by atoms with van der Waals surface area (Å²) >= 11 is 2.08. The number of carbonyl (C=O) groups excluding carboxylic acids is 1. The second-order valence-corrected chi connectivity index (χ2v) is 2.83. The molecule has 0 radical (unpaired) electrons. The minimum Gasteiger partial charge on any atom is -0.459 e. The maximum Gasteiger partial charge on any atom is 0.308 e. The van der Waals surface area contributed by atoms with Gasteiger partial charge in [-0.15, -0.1) is 0 Å². The average molecular weight is 242 g/mol. The summed E-state index contributed by atoms with van der Waals surface area (Å²) in [6.45, 7) is 0. The number of alkyl halides is 1. The lowest BCUT2D eigenvalue weighted by Crippen LogP contribution is -2.21. The molecular formula is C5H7IO3. The van der Waals surface area contributed by atoms with E-state index in [9.17, 15) is 4.79 Å². The summed E-state index contributed by atoms with van der Waals surface area (Å²) in [6, 6.07) is 0. The highest BCUT2D eigenvalue weighted by molar-refractivity contribution is 14.1. The normalized spacial score (nSPS) is 34.7. The van der Waals surface area contributed by atoms with Crippen LogP contribution >= 0.6 is 22.6 Å². The molecule has 1 saturated heterocycles. The Kier molecular flexibility index (Phi) is 2.29. The van der Waals surface area contributed by atoms with Crippen LogP contribution in [0, 0.1) is 0 Å². The first-order chi connectivity index (χ1) is 4.24. The highest BCUT2D eigenvalue weighted by Gasteiger charge is 2.31. The Morgan fingerprint density at radius 1 is 1.89 bits per heavy atom. The number of aliphatic hydroxyl groups is 1. The van der Waals surface area contributed by atoms with E-state index in [1.807, 2.05) is 0 Å². The van der Waals surface area contributed by atoms with Crippen LogP contribution in [0.4, 0.5) is 0 Å². The molecule has 0 amide bonds. The molecule has 4 heteroatoms. The molecule has 0 saturated carbocycles. The zero-order chi connectivity index (χ0) is 6.85. The quantitative estimate of drug-likeness (QED) is 0.403. The van der Waals surface area contributed by atoms with E-state index in [1.165, 1.54) is 0 Å². The second-order valence-electron chi connectivity index (χ2n) is 1.95. The zero-order valence-corrected chi connectivity index (χ0v) is 6.87. The van der Waals surface area contributed by atoms with Crippen LogP contribution in [0.1, 0.15) is 6.42 Å². The highest BCUT2D eigenvalue weighted by atomic mass is 127. The van der Waals surface area contributed by atoms with Gasteiger partial charge < -0.3 is 9.84 Å². The molecule has 1 fully saturated rings. The molecule has 3 nitrogen and oxygen atoms in total. The molecule has 1 N–H and O–H groups in total. The fourth-order valence-electron chi connectivity index (χ4n) is 0.732. The van der Waals surface area contributed by atoms with Gasteiger partial charge in [0.15, 0.2) is 0 Å². The van der Waals surface area contributed by atoms with Crippen molar-refractivity contribution in [2.75, 3.05) is 4.43 Å². The Labute approximate surface area is 66.5 Å². The number of aliphatic hydroxyl groups excluding tert-OH is 1. The monoisotopic (exact) mass is 242 g/mol. The summed E-state index contributed by atoms with van der Waals surface area (Å²) < 4.78 is 5.40. The summed E-state index contributed by atoms with van der Waals surface area (Å²) in [6.07, 6.45) is -0.680. The molecule has 0 bridgehead atoms. The first-order valence-corrected chi connectivity index (χ1v) is 4.20. The molecule has 0 aromatic carbocycles. The molecule has 0 unspecified atom stereocenters. The van der Waals surface area contributed by atoms with Crippen molar-refractivity contribution >= 4 is 28.6 Å². The molecule has 9 heavy (non-hydrogen) atoms. The minimum absolute atomic E-state index is 0.160. The highest BCUT2D eigenvalue weighted by Crippen LogP contribution is 2.16. The number of esters is 1. The fourth-order valence-corrected chi connectivity index (χ4v) is 1.50. The van der Waals surface area contributed by atoms with Crippen LogP contribution in [0.5, 0.6) is 0 Å². The number of ether oxygens (including phenoxy) is 1. The number of hydrogen-bond donors (Lipinski definition) is 1. The Bertz CT molecular complexity index is 125. The smallest absolute Gasteiger partial charge is 0.308 e. The van der Waals surface area contributed by atoms with Gasteiger partial charge in [-0.05, 0) is 0 Å². The van der Waals surface area contributed by atoms with Crippen LogP contribution in [0.15, 0.2) is 0 Å². The van der Waals surface area contributed by atoms with Crippen molar-refractivity contribution in [1.29, 1.82) is 0 Å². The fraction of sp³-hybridized carbons (Fsp3) is 0.800. The van der Waals surface area contributed by atoms with Gasteiger partial charge in [0.1, 0.15) is 12.2 Å². The van der Waals surface area contributed by atoms with Crippen LogP contribution in [-0.4, -0.2) is 27.7 Å². The number of halogens is 1. The molecule has 0 aromatic rings. The summed E-state index contributed by atoms with van der Waals surface area (Å²) in [5.41, 5.74) is 0. The molecule has 2 atom stereocenters. The third-order valence-corrected chi connectivity index (χ3v) is 2.11. The van der Waals surface area contributed by atoms with E-state index in [0.29, 0.717) is 4.43 Å². The molecule has 52 valence electrons. The van der Waals surface area contributed by atoms with Gasteiger partial charge in [-0.3, -0.25) is 4.79 Å². The predicted molar refractivity (Wildman–Crippen MR) is 39.4 cm³/mol. The Hall–Kier alpha value is 0.160. The van der Waals surface area contributed by atoms with E-state index < -0.39 is 6.10 Å². The lowest BCUT2D eigenvalue weighted by atomic mass is 10.2. The molecular weight excluding hydrogens is 235 g/mol. The SMILES string of the molecule is O=C1C[C@@H](O)[C@H](CI)O1. The Balaban J connectivity index is 2.47. The number of carbonyl (C=O) groups is 1. The summed E-state index contributed by atoms with van der Waals surface area (Å²) in [4.78, 5) is 10.4. The van der Waals surface area contributed by atoms with Gasteiger partial charge in [0, 0.05) is 4.43 Å². The van der Waals surface area contributed by atoms with Crippen LogP contribution in [0.25, 0.3) is 0 Å². The number of rotatable bonds is 1. The van der Waals surface area contributed by atoms with Crippen LogP contribution in [-0.2, 0) is 9.53 Å². The maximum absolute atomic E-state index is 10.4. The summed E-state index contributed by atoms with van der Waals surface area (Å²) in [5.74, 6) is -0.288. The van der Waals surface area contributed by atoms with Gasteiger partial charge in [0.2, 0.25) is 0 Å². The van der Waals surface area contributed by atoms with Crippen molar-refractivity contribution in [3.05, 3.63) is 0 Å². The third kappa shape index (κ3) is 1.54. The van der Waals surface area contributed by atoms with Crippen molar-refractivity contribution in [1.82, 2.24) is 0 Å². The second kappa shape index (κ2) is 2.83. The number of cyclic esters (lactones) is 1. The van der Waals surface area contributed by atoms with Crippen molar-refractivity contribution in [2.24, 2.45) is 0 Å². The predicted octanol–water partition coefficient (Wildman–Crippen LogP) is 0.0978. The lowest BCUT2D eigenvalue weighted by molar-refractivity contribution is -0.140. The van der Waals surface area contributed by atoms with Gasteiger partial charge in [-0.2, -0.15) is 0 Å². The van der Waals surface area contributed by atoms with Gasteiger partial charge in [-0.1, -0.05) is 22.6 Å². The third-order valence-electron chi connectivity index (χ3n) is 1.24. The van der Waals surface area contributed by atoms with E-state index >= 15 is 0 Å². The summed E-state index contributed by atoms with van der Waals surface area (Å²) in [7, 11) is 0. The Morgan fingerprint density at radius 2 is 2.56 bits per heavy atom. The van der Waals surface area contributed by atoms with E-state index in [-0.39, 0.29) is 18.5 Å². The number of hydrogen-bond acceptors (Lipinski definition) is 3. The van der Waals surface area contributed by atoms with Crippen molar-refractivity contribution in [2.45, 2.75) is 18.6 Å². The van der Waals surface area contributed by atoms with Gasteiger partial charge in [0.25, 0.3) is 0 Å². The molecule has 0 spiro atoms. The van der Waals surface area contributed by atoms with Crippen molar-refractivity contribution in [3.63, 3.8) is 0 Å². The minimum atomic E-state index is -0.575. The Morgan fingerprint density at radius 3 is 2.78 bits per heavy atom. The van der Waals surface area contributed by atoms with Crippen LogP contribution in [0.2, 0.25) is 0 Å². The molecule has 1 heterocycles. The van der Waals surface area contributed by atoms with Crippen LogP contribution < -0.4 is 0 Å². The molecule has 0 aliphatic carbocycles. The van der Waals surface area contributed by atoms with Crippen molar-refractivity contribution in [3.8, 4) is 0 Å². The first kappa shape index (κ1) is 7.27. The first-order valence-electron chi connectivity index (χ1n) is 2.67. The lowest BCUT2D eigenvalue weighted by Gasteiger charge is -2.06. The van der Waals surface area contributed by atoms with Gasteiger partial charge >= 0.3 is 5.97 Å². The topological polar surface area (TPSA) is 46.5 Å². The largest absolute Gasteiger partial charge is 0.459 e. The van der Waals surface area contributed by atoms with E-state index in [2.05, 4.69) is 22.6 Å². The summed E-state index contributed by atoms with van der Waals surface area (Å²) in [5, 5.41) is 9.01. The van der Waals surface area contributed by atoms with Crippen molar-refractivity contribution < 1.29 is 14.6 Å². The van der Waals surface area contributed by atoms with E-state index in [1.54, 1.807) is 0 Å². The molecule has 1 aliphatic rings. The van der Waals surface area contributed by atoms with Crippen LogP contribution in [0.3, 0.4) is 0 Å². The maximum atomic E-state index is 10.4. The average Bonchev–Trinajstić information content (AvgIpc) is 2.10.